The number of thiophene rings is 1. The first kappa shape index (κ1) is 16.1. The van der Waals surface area contributed by atoms with Crippen LogP contribution in [0.5, 0.6) is 0 Å². The molecule has 6 heteroatoms. The molecule has 0 fully saturated rings. The zero-order chi connectivity index (χ0) is 17.1. The fourth-order valence-electron chi connectivity index (χ4n) is 3.08. The van der Waals surface area contributed by atoms with Crippen molar-refractivity contribution < 1.29 is 4.79 Å². The van der Waals surface area contributed by atoms with Gasteiger partial charge in [-0.05, 0) is 34.0 Å². The van der Waals surface area contributed by atoms with E-state index >= 15 is 0 Å². The number of nitrogens with zero attached hydrogens (tertiary/aromatic N) is 3. The van der Waals surface area contributed by atoms with Crippen LogP contribution < -0.4 is 5.32 Å². The second-order valence-corrected chi connectivity index (χ2v) is 7.03. The molecule has 0 atom stereocenters. The van der Waals surface area contributed by atoms with E-state index < -0.39 is 0 Å². The third-order valence-electron chi connectivity index (χ3n) is 4.39. The van der Waals surface area contributed by atoms with Crippen molar-refractivity contribution >= 4 is 17.2 Å². The molecule has 0 saturated heterocycles. The van der Waals surface area contributed by atoms with E-state index in [0.29, 0.717) is 12.2 Å². The molecule has 2 aromatic heterocycles. The molecule has 1 amide bonds. The number of hydrogen-bond donors (Lipinski definition) is 1. The van der Waals surface area contributed by atoms with Crippen molar-refractivity contribution in [3.63, 3.8) is 0 Å². The maximum atomic E-state index is 12.4. The van der Waals surface area contributed by atoms with Gasteiger partial charge in [0.15, 0.2) is 5.69 Å². The Kier molecular flexibility index (Phi) is 4.63. The molecule has 0 aliphatic carbocycles. The van der Waals surface area contributed by atoms with Crippen molar-refractivity contribution in [2.45, 2.75) is 26.2 Å². The summed E-state index contributed by atoms with van der Waals surface area (Å²) in [5.74, 6) is -0.116. The average molecular weight is 352 g/mol. The fraction of sp³-hybridized carbons (Fsp3) is 0.263. The molecular weight excluding hydrogens is 332 g/mol. The highest BCUT2D eigenvalue weighted by Gasteiger charge is 2.21. The Morgan fingerprint density at radius 1 is 1.16 bits per heavy atom. The molecular formula is C19H20N4OS. The Hall–Kier alpha value is -2.44. The zero-order valence-corrected chi connectivity index (χ0v) is 14.7. The lowest BCUT2D eigenvalue weighted by atomic mass is 10.2. The molecule has 1 N–H and O–H groups in total. The lowest BCUT2D eigenvalue weighted by molar-refractivity contribution is 0.0945. The van der Waals surface area contributed by atoms with Gasteiger partial charge in [0.1, 0.15) is 0 Å². The molecule has 3 heterocycles. The van der Waals surface area contributed by atoms with Crippen LogP contribution in [0.3, 0.4) is 0 Å². The number of hydrogen-bond acceptors (Lipinski definition) is 4. The summed E-state index contributed by atoms with van der Waals surface area (Å²) in [6.07, 6.45) is 0. The predicted molar refractivity (Wildman–Crippen MR) is 98.3 cm³/mol. The Bertz CT molecular complexity index is 842. The van der Waals surface area contributed by atoms with Crippen molar-refractivity contribution in [2.75, 3.05) is 6.54 Å². The van der Waals surface area contributed by atoms with Crippen LogP contribution in [0, 0.1) is 0 Å². The number of amides is 1. The van der Waals surface area contributed by atoms with Crippen molar-refractivity contribution in [3.8, 4) is 0 Å². The average Bonchev–Trinajstić information content (AvgIpc) is 3.30. The highest BCUT2D eigenvalue weighted by molar-refractivity contribution is 7.07. The third kappa shape index (κ3) is 3.81. The van der Waals surface area contributed by atoms with Crippen LogP contribution in [-0.2, 0) is 26.2 Å². The van der Waals surface area contributed by atoms with E-state index in [-0.39, 0.29) is 5.91 Å². The first-order chi connectivity index (χ1) is 12.3. The van der Waals surface area contributed by atoms with Gasteiger partial charge >= 0.3 is 0 Å². The van der Waals surface area contributed by atoms with Crippen LogP contribution in [0.1, 0.15) is 27.3 Å². The lowest BCUT2D eigenvalue weighted by Crippen LogP contribution is -2.33. The summed E-state index contributed by atoms with van der Waals surface area (Å²) < 4.78 is 1.96. The van der Waals surface area contributed by atoms with Crippen molar-refractivity contribution in [2.24, 2.45) is 0 Å². The fourth-order valence-corrected chi connectivity index (χ4v) is 3.74. The lowest BCUT2D eigenvalue weighted by Gasteiger charge is -2.27. The Balaban J connectivity index is 1.38. The molecule has 0 unspecified atom stereocenters. The van der Waals surface area contributed by atoms with Crippen LogP contribution in [0.2, 0.25) is 0 Å². The quantitative estimate of drug-likeness (QED) is 0.768. The molecule has 25 heavy (non-hydrogen) atoms. The van der Waals surface area contributed by atoms with Crippen LogP contribution in [0.15, 0.2) is 53.2 Å². The molecule has 5 nitrogen and oxygen atoms in total. The topological polar surface area (TPSA) is 50.2 Å². The monoisotopic (exact) mass is 352 g/mol. The van der Waals surface area contributed by atoms with E-state index in [9.17, 15) is 4.79 Å². The van der Waals surface area contributed by atoms with Crippen molar-refractivity contribution in [1.82, 2.24) is 20.0 Å². The van der Waals surface area contributed by atoms with Crippen LogP contribution in [0.25, 0.3) is 0 Å². The number of nitrogens with one attached hydrogen (secondary N) is 1. The minimum atomic E-state index is -0.116. The Morgan fingerprint density at radius 2 is 2.04 bits per heavy atom. The summed E-state index contributed by atoms with van der Waals surface area (Å²) in [5.41, 5.74) is 4.04. The summed E-state index contributed by atoms with van der Waals surface area (Å²) >= 11 is 1.73. The first-order valence-corrected chi connectivity index (χ1v) is 9.34. The molecule has 0 spiro atoms. The number of carbonyl (C=O) groups excluding carboxylic acids is 1. The predicted octanol–water partition coefficient (Wildman–Crippen LogP) is 2.89. The Labute approximate surface area is 150 Å². The Morgan fingerprint density at radius 3 is 2.84 bits per heavy atom. The zero-order valence-electron chi connectivity index (χ0n) is 13.9. The van der Waals surface area contributed by atoms with Gasteiger partial charge in [0.2, 0.25) is 0 Å². The van der Waals surface area contributed by atoms with Gasteiger partial charge in [-0.25, -0.2) is 0 Å². The van der Waals surface area contributed by atoms with Gasteiger partial charge in [0.05, 0.1) is 12.2 Å². The number of fused-ring (bicyclic) bond motifs is 1. The summed E-state index contributed by atoms with van der Waals surface area (Å²) in [7, 11) is 0. The summed E-state index contributed by atoms with van der Waals surface area (Å²) in [5, 5.41) is 11.7. The molecule has 0 saturated carbocycles. The molecule has 128 valence electrons. The summed E-state index contributed by atoms with van der Waals surface area (Å²) in [6.45, 7) is 4.08. The van der Waals surface area contributed by atoms with Crippen molar-refractivity contribution in [3.05, 3.63) is 75.7 Å². The molecule has 0 radical (unpaired) electrons. The smallest absolute Gasteiger partial charge is 0.272 e. The molecule has 0 bridgehead atoms. The number of carbonyl (C=O) groups is 1. The number of benzene rings is 1. The number of aromatic nitrogens is 2. The maximum absolute atomic E-state index is 12.4. The van der Waals surface area contributed by atoms with Gasteiger partial charge in [-0.2, -0.15) is 16.4 Å². The number of rotatable bonds is 5. The van der Waals surface area contributed by atoms with Gasteiger partial charge in [0, 0.05) is 26.2 Å². The van der Waals surface area contributed by atoms with E-state index in [1.54, 1.807) is 11.3 Å². The van der Waals surface area contributed by atoms with Gasteiger partial charge in [-0.1, -0.05) is 30.3 Å². The molecule has 4 rings (SSSR count). The van der Waals surface area contributed by atoms with E-state index in [2.05, 4.69) is 32.1 Å². The molecule has 1 aliphatic rings. The van der Waals surface area contributed by atoms with Gasteiger partial charge in [0.25, 0.3) is 5.91 Å². The minimum Gasteiger partial charge on any atom is -0.347 e. The van der Waals surface area contributed by atoms with Gasteiger partial charge in [-0.3, -0.25) is 14.4 Å². The van der Waals surface area contributed by atoms with E-state index in [1.165, 1.54) is 5.56 Å². The largest absolute Gasteiger partial charge is 0.347 e. The first-order valence-electron chi connectivity index (χ1n) is 8.40. The van der Waals surface area contributed by atoms with Crippen molar-refractivity contribution in [1.29, 1.82) is 0 Å². The molecule has 1 aliphatic heterocycles. The van der Waals surface area contributed by atoms with Gasteiger partial charge < -0.3 is 5.32 Å². The normalized spacial score (nSPS) is 14.2. The summed E-state index contributed by atoms with van der Waals surface area (Å²) in [6, 6.07) is 14.0. The highest BCUT2D eigenvalue weighted by Crippen LogP contribution is 2.17. The van der Waals surface area contributed by atoms with Crippen LogP contribution in [0.4, 0.5) is 0 Å². The second kappa shape index (κ2) is 7.21. The van der Waals surface area contributed by atoms with E-state index in [4.69, 9.17) is 0 Å². The standard InChI is InChI=1S/C19H20N4OS/c24-19(20-11-15-4-2-1-3-5-15)18-10-17-13-22(7-8-23(17)21-18)12-16-6-9-25-14-16/h1-6,9-10,14H,7-8,11-13H2,(H,20,24). The van der Waals surface area contributed by atoms with Crippen LogP contribution >= 0.6 is 11.3 Å². The van der Waals surface area contributed by atoms with Crippen LogP contribution in [-0.4, -0.2) is 27.1 Å². The maximum Gasteiger partial charge on any atom is 0.272 e. The molecule has 3 aromatic rings. The van der Waals surface area contributed by atoms with Gasteiger partial charge in [-0.15, -0.1) is 0 Å². The molecule has 1 aromatic carbocycles. The third-order valence-corrected chi connectivity index (χ3v) is 5.12. The second-order valence-electron chi connectivity index (χ2n) is 6.25. The highest BCUT2D eigenvalue weighted by atomic mass is 32.1. The van der Waals surface area contributed by atoms with E-state index in [0.717, 1.165) is 37.4 Å². The minimum absolute atomic E-state index is 0.116. The SMILES string of the molecule is O=C(NCc1ccccc1)c1cc2n(n1)CCN(Cc1ccsc1)C2. The van der Waals surface area contributed by atoms with E-state index in [1.807, 2.05) is 41.1 Å². The summed E-state index contributed by atoms with van der Waals surface area (Å²) in [4.78, 5) is 14.8.